The van der Waals surface area contributed by atoms with E-state index < -0.39 is 0 Å². The minimum absolute atomic E-state index is 0.157. The predicted molar refractivity (Wildman–Crippen MR) is 109 cm³/mol. The molecule has 2 aliphatic heterocycles. The van der Waals surface area contributed by atoms with Crippen LogP contribution in [0.3, 0.4) is 0 Å². The van der Waals surface area contributed by atoms with Crippen LogP contribution in [0.15, 0.2) is 54.6 Å². The Balaban J connectivity index is 1.25. The van der Waals surface area contributed by atoms with Gasteiger partial charge in [0.2, 0.25) is 5.91 Å². The Morgan fingerprint density at radius 1 is 0.857 bits per heavy atom. The van der Waals surface area contributed by atoms with E-state index in [9.17, 15) is 9.18 Å². The minimum atomic E-state index is -0.229. The van der Waals surface area contributed by atoms with Gasteiger partial charge < -0.3 is 9.80 Å². The molecule has 2 heterocycles. The average molecular weight is 381 g/mol. The van der Waals surface area contributed by atoms with Crippen molar-refractivity contribution in [3.8, 4) is 0 Å². The average Bonchev–Trinajstić information content (AvgIpc) is 3.02. The van der Waals surface area contributed by atoms with E-state index in [2.05, 4.69) is 35.2 Å². The standard InChI is InChI=1S/C24H29FN2O/c25-22-10-8-21(9-11-22)19-27-18-14-24(23(27)28)12-16-26(17-13-24)15-4-7-20-5-2-1-3-6-20/h1-3,5-6,8-11H,4,7,12-19H2. The normalized spacial score (nSPS) is 19.5. The lowest BCUT2D eigenvalue weighted by Gasteiger charge is -2.38. The van der Waals surface area contributed by atoms with Crippen LogP contribution in [0.4, 0.5) is 4.39 Å². The third kappa shape index (κ3) is 4.27. The number of hydrogen-bond donors (Lipinski definition) is 0. The Morgan fingerprint density at radius 2 is 1.54 bits per heavy atom. The van der Waals surface area contributed by atoms with Crippen molar-refractivity contribution >= 4 is 5.91 Å². The van der Waals surface area contributed by atoms with Crippen LogP contribution in [0.25, 0.3) is 0 Å². The molecule has 3 nitrogen and oxygen atoms in total. The molecule has 1 spiro atoms. The second kappa shape index (κ2) is 8.44. The lowest BCUT2D eigenvalue weighted by atomic mass is 9.77. The van der Waals surface area contributed by atoms with E-state index in [1.807, 2.05) is 4.90 Å². The summed E-state index contributed by atoms with van der Waals surface area (Å²) in [7, 11) is 0. The minimum Gasteiger partial charge on any atom is -0.338 e. The third-order valence-corrected chi connectivity index (χ3v) is 6.48. The summed E-state index contributed by atoms with van der Waals surface area (Å²) in [4.78, 5) is 17.6. The van der Waals surface area contributed by atoms with Gasteiger partial charge in [-0.05, 0) is 75.0 Å². The molecule has 0 bridgehead atoms. The van der Waals surface area contributed by atoms with Crippen LogP contribution < -0.4 is 0 Å². The topological polar surface area (TPSA) is 23.6 Å². The van der Waals surface area contributed by atoms with Crippen molar-refractivity contribution in [2.45, 2.75) is 38.6 Å². The van der Waals surface area contributed by atoms with E-state index in [1.165, 1.54) is 24.1 Å². The van der Waals surface area contributed by atoms with Gasteiger partial charge >= 0.3 is 0 Å². The largest absolute Gasteiger partial charge is 0.338 e. The monoisotopic (exact) mass is 380 g/mol. The maximum atomic E-state index is 13.1. The van der Waals surface area contributed by atoms with Crippen molar-refractivity contribution in [1.29, 1.82) is 0 Å². The molecule has 0 radical (unpaired) electrons. The molecule has 4 rings (SSSR count). The quantitative estimate of drug-likeness (QED) is 0.747. The van der Waals surface area contributed by atoms with Crippen molar-refractivity contribution < 1.29 is 9.18 Å². The summed E-state index contributed by atoms with van der Waals surface area (Å²) in [6.07, 6.45) is 5.19. The number of amides is 1. The molecule has 0 saturated carbocycles. The second-order valence-corrected chi connectivity index (χ2v) is 8.31. The summed E-state index contributed by atoms with van der Waals surface area (Å²) < 4.78 is 13.1. The first-order chi connectivity index (χ1) is 13.6. The molecule has 2 saturated heterocycles. The number of piperidine rings is 1. The zero-order chi connectivity index (χ0) is 19.4. The van der Waals surface area contributed by atoms with Gasteiger partial charge in [-0.2, -0.15) is 0 Å². The molecular weight excluding hydrogens is 351 g/mol. The molecule has 0 atom stereocenters. The van der Waals surface area contributed by atoms with Crippen LogP contribution in [-0.2, 0) is 17.8 Å². The maximum Gasteiger partial charge on any atom is 0.229 e. The van der Waals surface area contributed by atoms with E-state index in [0.29, 0.717) is 12.5 Å². The van der Waals surface area contributed by atoms with Crippen LogP contribution in [-0.4, -0.2) is 41.9 Å². The van der Waals surface area contributed by atoms with Crippen LogP contribution in [0.5, 0.6) is 0 Å². The molecule has 4 heteroatoms. The number of likely N-dealkylation sites (tertiary alicyclic amines) is 2. The van der Waals surface area contributed by atoms with E-state index in [0.717, 1.165) is 57.4 Å². The van der Waals surface area contributed by atoms with E-state index in [4.69, 9.17) is 0 Å². The van der Waals surface area contributed by atoms with Gasteiger partial charge in [0.25, 0.3) is 0 Å². The van der Waals surface area contributed by atoms with E-state index >= 15 is 0 Å². The first-order valence-electron chi connectivity index (χ1n) is 10.4. The number of nitrogens with zero attached hydrogens (tertiary/aromatic N) is 2. The Morgan fingerprint density at radius 3 is 2.25 bits per heavy atom. The first kappa shape index (κ1) is 19.1. The van der Waals surface area contributed by atoms with Gasteiger partial charge in [-0.3, -0.25) is 4.79 Å². The molecule has 2 aromatic carbocycles. The molecule has 148 valence electrons. The zero-order valence-electron chi connectivity index (χ0n) is 16.4. The first-order valence-corrected chi connectivity index (χ1v) is 10.4. The SMILES string of the molecule is O=C1N(Cc2ccc(F)cc2)CCC12CCN(CCCc1ccccc1)CC2. The van der Waals surface area contributed by atoms with Crippen LogP contribution in [0.1, 0.15) is 36.8 Å². The van der Waals surface area contributed by atoms with E-state index in [-0.39, 0.29) is 11.2 Å². The Hall–Kier alpha value is -2.20. The number of hydrogen-bond acceptors (Lipinski definition) is 2. The molecular formula is C24H29FN2O. The maximum absolute atomic E-state index is 13.1. The number of benzene rings is 2. The fourth-order valence-electron chi connectivity index (χ4n) is 4.67. The van der Waals surface area contributed by atoms with Gasteiger partial charge in [0.05, 0.1) is 5.41 Å². The lowest BCUT2D eigenvalue weighted by Crippen LogP contribution is -2.44. The highest BCUT2D eigenvalue weighted by molar-refractivity contribution is 5.85. The second-order valence-electron chi connectivity index (χ2n) is 8.31. The van der Waals surface area contributed by atoms with Gasteiger partial charge in [-0.25, -0.2) is 4.39 Å². The number of carbonyl (C=O) groups is 1. The van der Waals surface area contributed by atoms with Gasteiger partial charge in [-0.1, -0.05) is 42.5 Å². The lowest BCUT2D eigenvalue weighted by molar-refractivity contribution is -0.138. The number of aryl methyl sites for hydroxylation is 1. The van der Waals surface area contributed by atoms with Gasteiger partial charge in [0.15, 0.2) is 0 Å². The predicted octanol–water partition coefficient (Wildman–Crippen LogP) is 4.27. The Labute approximate surface area is 167 Å². The van der Waals surface area contributed by atoms with Crippen molar-refractivity contribution in [3.05, 3.63) is 71.5 Å². The molecule has 0 aromatic heterocycles. The van der Waals surface area contributed by atoms with Gasteiger partial charge in [-0.15, -0.1) is 0 Å². The van der Waals surface area contributed by atoms with Gasteiger partial charge in [0, 0.05) is 13.1 Å². The molecule has 2 fully saturated rings. The summed E-state index contributed by atoms with van der Waals surface area (Å²) in [6, 6.07) is 17.2. The number of carbonyl (C=O) groups excluding carboxylic acids is 1. The summed E-state index contributed by atoms with van der Waals surface area (Å²) in [5.74, 6) is 0.0772. The molecule has 28 heavy (non-hydrogen) atoms. The fraction of sp³-hybridized carbons (Fsp3) is 0.458. The highest BCUT2D eigenvalue weighted by Crippen LogP contribution is 2.42. The van der Waals surface area contributed by atoms with Crippen molar-refractivity contribution in [2.75, 3.05) is 26.2 Å². The summed E-state index contributed by atoms with van der Waals surface area (Å²) in [6.45, 7) is 4.57. The fourth-order valence-corrected chi connectivity index (χ4v) is 4.67. The number of rotatable bonds is 6. The third-order valence-electron chi connectivity index (χ3n) is 6.48. The zero-order valence-corrected chi connectivity index (χ0v) is 16.4. The molecule has 1 amide bonds. The Kier molecular flexibility index (Phi) is 5.77. The molecule has 2 aromatic rings. The van der Waals surface area contributed by atoms with Crippen LogP contribution in [0, 0.1) is 11.2 Å². The van der Waals surface area contributed by atoms with Crippen molar-refractivity contribution in [1.82, 2.24) is 9.80 Å². The number of halogens is 1. The summed E-state index contributed by atoms with van der Waals surface area (Å²) in [5, 5.41) is 0. The highest BCUT2D eigenvalue weighted by Gasteiger charge is 2.47. The van der Waals surface area contributed by atoms with Crippen molar-refractivity contribution in [2.24, 2.45) is 5.41 Å². The highest BCUT2D eigenvalue weighted by atomic mass is 19.1. The van der Waals surface area contributed by atoms with Crippen LogP contribution in [0.2, 0.25) is 0 Å². The van der Waals surface area contributed by atoms with Gasteiger partial charge in [0.1, 0.15) is 5.82 Å². The smallest absolute Gasteiger partial charge is 0.229 e. The summed E-state index contributed by atoms with van der Waals surface area (Å²) >= 11 is 0. The van der Waals surface area contributed by atoms with Crippen molar-refractivity contribution in [3.63, 3.8) is 0 Å². The molecule has 2 aliphatic rings. The molecule has 0 unspecified atom stereocenters. The van der Waals surface area contributed by atoms with Crippen LogP contribution >= 0.6 is 0 Å². The summed E-state index contributed by atoms with van der Waals surface area (Å²) in [5.41, 5.74) is 2.25. The molecule has 0 aliphatic carbocycles. The molecule has 0 N–H and O–H groups in total. The van der Waals surface area contributed by atoms with E-state index in [1.54, 1.807) is 12.1 Å². The Bertz CT molecular complexity index is 782.